The van der Waals surface area contributed by atoms with Crippen LogP contribution < -0.4 is 10.6 Å². The molecule has 3 unspecified atom stereocenters. The van der Waals surface area contributed by atoms with Crippen LogP contribution in [0, 0.1) is 30.0 Å². The molecule has 1 aromatic rings. The highest BCUT2D eigenvalue weighted by Gasteiger charge is 2.39. The largest absolute Gasteiger partial charge is 0.381 e. The number of terminal acetylenes is 1. The lowest BCUT2D eigenvalue weighted by Crippen LogP contribution is -2.66. The van der Waals surface area contributed by atoms with Gasteiger partial charge in [0.25, 0.3) is 0 Å². The molecule has 3 aliphatic heterocycles. The maximum atomic E-state index is 13.1. The number of rotatable bonds is 7. The minimum atomic E-state index is -0.364. The van der Waals surface area contributed by atoms with Crippen LogP contribution in [0.15, 0.2) is 24.3 Å². The molecule has 2 amide bonds. The number of piperidine rings is 1. The molecule has 0 spiro atoms. The van der Waals surface area contributed by atoms with E-state index in [4.69, 9.17) is 11.2 Å². The third kappa shape index (κ3) is 5.81. The van der Waals surface area contributed by atoms with E-state index in [-0.39, 0.29) is 60.5 Å². The fourth-order valence-electron chi connectivity index (χ4n) is 4.95. The molecule has 4 rings (SSSR count). The molecule has 0 saturated carbocycles. The molecule has 3 fully saturated rings. The summed E-state index contributed by atoms with van der Waals surface area (Å²) < 4.78 is 18.5. The van der Waals surface area contributed by atoms with Gasteiger partial charge < -0.3 is 15.0 Å². The van der Waals surface area contributed by atoms with E-state index >= 15 is 0 Å². The molecule has 8 nitrogen and oxygen atoms in total. The first-order chi connectivity index (χ1) is 16.4. The lowest BCUT2D eigenvalue weighted by atomic mass is 9.89. The fourth-order valence-corrected chi connectivity index (χ4v) is 4.95. The van der Waals surface area contributed by atoms with Gasteiger partial charge in [-0.05, 0) is 56.6 Å². The van der Waals surface area contributed by atoms with E-state index in [1.165, 1.54) is 24.3 Å². The Bertz CT molecular complexity index is 939. The standard InChI is InChI=1S/C25H31FN4O4/c1-2-10-30(14-22-27-21-9-13-34-16-20(21)25(33)28-22)23(31)15-29-11-7-18(8-12-29)24(32)17-3-5-19(26)6-4-17/h1,3-6,18,20-22,27H,7-16H2,(H,28,33). The second-order valence-electron chi connectivity index (χ2n) is 9.20. The van der Waals surface area contributed by atoms with Crippen LogP contribution in [0.2, 0.25) is 0 Å². The number of halogens is 1. The van der Waals surface area contributed by atoms with Crippen molar-refractivity contribution >= 4 is 17.6 Å². The summed E-state index contributed by atoms with van der Waals surface area (Å²) in [5.74, 6) is 1.69. The van der Waals surface area contributed by atoms with Gasteiger partial charge in [0.15, 0.2) is 5.78 Å². The molecular formula is C25H31FN4O4. The van der Waals surface area contributed by atoms with Crippen molar-refractivity contribution in [2.24, 2.45) is 11.8 Å². The Balaban J connectivity index is 1.28. The lowest BCUT2D eigenvalue weighted by Gasteiger charge is -2.41. The van der Waals surface area contributed by atoms with Gasteiger partial charge in [0.05, 0.1) is 38.3 Å². The predicted octanol–water partition coefficient (Wildman–Crippen LogP) is 0.633. The van der Waals surface area contributed by atoms with E-state index in [9.17, 15) is 18.8 Å². The van der Waals surface area contributed by atoms with Crippen LogP contribution in [0.3, 0.4) is 0 Å². The summed E-state index contributed by atoms with van der Waals surface area (Å²) in [6.07, 6.45) is 7.19. The maximum absolute atomic E-state index is 13.1. The average molecular weight is 471 g/mol. The van der Waals surface area contributed by atoms with Crippen molar-refractivity contribution in [2.75, 3.05) is 45.9 Å². The smallest absolute Gasteiger partial charge is 0.237 e. The third-order valence-corrected chi connectivity index (χ3v) is 6.91. The van der Waals surface area contributed by atoms with E-state index in [1.54, 1.807) is 4.90 Å². The lowest BCUT2D eigenvalue weighted by molar-refractivity contribution is -0.138. The summed E-state index contributed by atoms with van der Waals surface area (Å²) in [7, 11) is 0. The van der Waals surface area contributed by atoms with Crippen LogP contribution in [-0.2, 0) is 14.3 Å². The molecule has 3 aliphatic rings. The Morgan fingerprint density at radius 3 is 2.65 bits per heavy atom. The number of nitrogens with one attached hydrogen (secondary N) is 2. The molecule has 3 atom stereocenters. The predicted molar refractivity (Wildman–Crippen MR) is 123 cm³/mol. The Labute approximate surface area is 199 Å². The van der Waals surface area contributed by atoms with E-state index in [2.05, 4.69) is 16.6 Å². The molecular weight excluding hydrogens is 439 g/mol. The number of benzene rings is 1. The Morgan fingerprint density at radius 1 is 1.21 bits per heavy atom. The van der Waals surface area contributed by atoms with Gasteiger partial charge in [-0.25, -0.2) is 4.39 Å². The molecule has 182 valence electrons. The summed E-state index contributed by atoms with van der Waals surface area (Å²) >= 11 is 0. The van der Waals surface area contributed by atoms with Crippen LogP contribution in [0.4, 0.5) is 4.39 Å². The number of likely N-dealkylation sites (tertiary alicyclic amines) is 1. The summed E-state index contributed by atoms with van der Waals surface area (Å²) in [5.41, 5.74) is 0.518. The number of ketones is 1. The van der Waals surface area contributed by atoms with Crippen molar-refractivity contribution in [3.05, 3.63) is 35.6 Å². The third-order valence-electron chi connectivity index (χ3n) is 6.91. The minimum absolute atomic E-state index is 0.0190. The first kappa shape index (κ1) is 24.3. The monoisotopic (exact) mass is 470 g/mol. The number of hydrogen-bond acceptors (Lipinski definition) is 6. The number of fused-ring (bicyclic) bond motifs is 1. The van der Waals surface area contributed by atoms with Crippen molar-refractivity contribution in [3.8, 4) is 12.3 Å². The number of hydrogen-bond donors (Lipinski definition) is 2. The van der Waals surface area contributed by atoms with Crippen molar-refractivity contribution in [1.29, 1.82) is 0 Å². The van der Waals surface area contributed by atoms with Gasteiger partial charge >= 0.3 is 0 Å². The van der Waals surface area contributed by atoms with Crippen LogP contribution in [-0.4, -0.2) is 85.5 Å². The van der Waals surface area contributed by atoms with Gasteiger partial charge in [0.1, 0.15) is 5.82 Å². The van der Waals surface area contributed by atoms with E-state index in [1.807, 2.05) is 4.90 Å². The number of ether oxygens (including phenoxy) is 1. The highest BCUT2D eigenvalue weighted by molar-refractivity contribution is 5.97. The van der Waals surface area contributed by atoms with Crippen molar-refractivity contribution in [1.82, 2.24) is 20.4 Å². The van der Waals surface area contributed by atoms with Gasteiger partial charge in [-0.1, -0.05) is 5.92 Å². The van der Waals surface area contributed by atoms with Gasteiger partial charge in [0.2, 0.25) is 11.8 Å². The van der Waals surface area contributed by atoms with Gasteiger partial charge in [-0.2, -0.15) is 0 Å². The average Bonchev–Trinajstić information content (AvgIpc) is 2.84. The molecule has 34 heavy (non-hydrogen) atoms. The molecule has 1 aromatic carbocycles. The SMILES string of the molecule is C#CCN(CC1NC(=O)C2COCCC2N1)C(=O)CN1CCC(C(=O)c2ccc(F)cc2)CC1. The molecule has 3 heterocycles. The van der Waals surface area contributed by atoms with E-state index in [0.717, 1.165) is 6.42 Å². The van der Waals surface area contributed by atoms with Crippen LogP contribution in [0.25, 0.3) is 0 Å². The topological polar surface area (TPSA) is 91.0 Å². The molecule has 9 heteroatoms. The quantitative estimate of drug-likeness (QED) is 0.449. The highest BCUT2D eigenvalue weighted by atomic mass is 19.1. The Hall–Kier alpha value is -2.80. The molecule has 0 radical (unpaired) electrons. The zero-order valence-electron chi connectivity index (χ0n) is 19.2. The Kier molecular flexibility index (Phi) is 7.93. The number of Topliss-reactive ketones (excluding diaryl/α,β-unsaturated/α-hetero) is 1. The van der Waals surface area contributed by atoms with Crippen LogP contribution >= 0.6 is 0 Å². The molecule has 3 saturated heterocycles. The Morgan fingerprint density at radius 2 is 1.94 bits per heavy atom. The van der Waals surface area contributed by atoms with E-state index < -0.39 is 0 Å². The van der Waals surface area contributed by atoms with Gasteiger partial charge in [-0.15, -0.1) is 6.42 Å². The molecule has 0 bridgehead atoms. The van der Waals surface area contributed by atoms with Crippen LogP contribution in [0.1, 0.15) is 29.6 Å². The fraction of sp³-hybridized carbons (Fsp3) is 0.560. The molecule has 0 aliphatic carbocycles. The summed E-state index contributed by atoms with van der Waals surface area (Å²) in [6.45, 7) is 2.91. The first-order valence-electron chi connectivity index (χ1n) is 11.8. The second-order valence-corrected chi connectivity index (χ2v) is 9.20. The summed E-state index contributed by atoms with van der Waals surface area (Å²) in [6, 6.07) is 5.67. The summed E-state index contributed by atoms with van der Waals surface area (Å²) in [5, 5.41) is 6.35. The molecule has 2 N–H and O–H groups in total. The second kappa shape index (κ2) is 11.1. The number of amides is 2. The number of nitrogens with zero attached hydrogens (tertiary/aromatic N) is 2. The van der Waals surface area contributed by atoms with Crippen molar-refractivity contribution < 1.29 is 23.5 Å². The highest BCUT2D eigenvalue weighted by Crippen LogP contribution is 2.22. The van der Waals surface area contributed by atoms with Crippen molar-refractivity contribution in [3.63, 3.8) is 0 Å². The molecule has 0 aromatic heterocycles. The normalized spacial score (nSPS) is 25.6. The maximum Gasteiger partial charge on any atom is 0.237 e. The van der Waals surface area contributed by atoms with Crippen LogP contribution in [0.5, 0.6) is 0 Å². The number of carbonyl (C=O) groups excluding carboxylic acids is 3. The first-order valence-corrected chi connectivity index (χ1v) is 11.8. The zero-order valence-corrected chi connectivity index (χ0v) is 19.2. The summed E-state index contributed by atoms with van der Waals surface area (Å²) in [4.78, 5) is 41.8. The van der Waals surface area contributed by atoms with Gasteiger partial charge in [0, 0.05) is 24.1 Å². The van der Waals surface area contributed by atoms with Gasteiger partial charge in [-0.3, -0.25) is 24.6 Å². The van der Waals surface area contributed by atoms with Crippen molar-refractivity contribution in [2.45, 2.75) is 31.5 Å². The number of carbonyl (C=O) groups is 3. The zero-order chi connectivity index (χ0) is 24.1. The minimum Gasteiger partial charge on any atom is -0.381 e. The van der Waals surface area contributed by atoms with E-state index in [0.29, 0.717) is 51.3 Å².